The van der Waals surface area contributed by atoms with Gasteiger partial charge < -0.3 is 4.74 Å². The monoisotopic (exact) mass is 266 g/mol. The lowest BCUT2D eigenvalue weighted by molar-refractivity contribution is -0.140. The fourth-order valence-electron chi connectivity index (χ4n) is 1.15. The molecule has 0 saturated heterocycles. The van der Waals surface area contributed by atoms with E-state index in [1.165, 1.54) is 0 Å². The third-order valence-electron chi connectivity index (χ3n) is 2.00. The maximum Gasteiger partial charge on any atom is 0.419 e. The lowest BCUT2D eigenvalue weighted by Crippen LogP contribution is -2.31. The van der Waals surface area contributed by atoms with E-state index in [0.29, 0.717) is 12.1 Å². The predicted molar refractivity (Wildman–Crippen MR) is 53.8 cm³/mol. The van der Waals surface area contributed by atoms with Crippen molar-refractivity contribution >= 4 is 5.91 Å². The quantitative estimate of drug-likeness (QED) is 0.376. The van der Waals surface area contributed by atoms with Crippen molar-refractivity contribution < 1.29 is 27.1 Å². The Kier molecular flexibility index (Phi) is 4.49. The Morgan fingerprint density at radius 1 is 1.39 bits per heavy atom. The molecule has 0 saturated carbocycles. The molecule has 0 fully saturated rings. The zero-order valence-corrected chi connectivity index (χ0v) is 9.05. The van der Waals surface area contributed by atoms with Crippen molar-refractivity contribution in [3.63, 3.8) is 0 Å². The zero-order chi connectivity index (χ0) is 13.8. The van der Waals surface area contributed by atoms with Gasteiger partial charge >= 0.3 is 6.18 Å². The lowest BCUT2D eigenvalue weighted by atomic mass is 10.2. The zero-order valence-electron chi connectivity index (χ0n) is 9.05. The summed E-state index contributed by atoms with van der Waals surface area (Å²) in [6.45, 7) is -0.161. The van der Waals surface area contributed by atoms with Crippen LogP contribution in [0.3, 0.4) is 0 Å². The van der Waals surface area contributed by atoms with E-state index in [4.69, 9.17) is 10.6 Å². The maximum atomic E-state index is 12.9. The van der Waals surface area contributed by atoms with E-state index in [1.54, 1.807) is 0 Å². The number of amides is 1. The molecule has 1 rings (SSSR count). The van der Waals surface area contributed by atoms with Crippen LogP contribution in [0.2, 0.25) is 0 Å². The number of rotatable bonds is 4. The fraction of sp³-hybridized carbons (Fsp3) is 0.300. The standard InChI is InChI=1S/C10H10F4N2O2/c11-8-2-1-6(5-7(8)10(12,13)14)18-4-3-9(17)16-15/h1-2,5H,3-4,15H2,(H,16,17). The molecule has 100 valence electrons. The van der Waals surface area contributed by atoms with Crippen molar-refractivity contribution in [3.05, 3.63) is 29.6 Å². The van der Waals surface area contributed by atoms with Gasteiger partial charge in [0.2, 0.25) is 5.91 Å². The molecule has 3 N–H and O–H groups in total. The number of nitrogens with two attached hydrogens (primary N) is 1. The molecule has 0 unspecified atom stereocenters. The van der Waals surface area contributed by atoms with Gasteiger partial charge in [0.15, 0.2) is 0 Å². The molecule has 0 spiro atoms. The van der Waals surface area contributed by atoms with Gasteiger partial charge in [0.05, 0.1) is 18.6 Å². The second-order valence-corrected chi connectivity index (χ2v) is 3.31. The number of hydrogen-bond donors (Lipinski definition) is 2. The van der Waals surface area contributed by atoms with E-state index < -0.39 is 23.5 Å². The second kappa shape index (κ2) is 5.67. The number of hydrogen-bond acceptors (Lipinski definition) is 3. The topological polar surface area (TPSA) is 64.3 Å². The molecule has 0 atom stereocenters. The number of carbonyl (C=O) groups is 1. The Balaban J connectivity index is 2.71. The van der Waals surface area contributed by atoms with Crippen molar-refractivity contribution in [3.8, 4) is 5.75 Å². The molecule has 0 bridgehead atoms. The summed E-state index contributed by atoms with van der Waals surface area (Å²) in [6, 6.07) is 2.24. The molecular weight excluding hydrogens is 256 g/mol. The van der Waals surface area contributed by atoms with E-state index >= 15 is 0 Å². The Hall–Kier alpha value is -1.83. The summed E-state index contributed by atoms with van der Waals surface area (Å²) in [5.41, 5.74) is 0.423. The SMILES string of the molecule is NNC(=O)CCOc1ccc(F)c(C(F)(F)F)c1. The summed E-state index contributed by atoms with van der Waals surface area (Å²) in [5.74, 6) is 2.73. The van der Waals surface area contributed by atoms with Crippen molar-refractivity contribution in [2.24, 2.45) is 5.84 Å². The molecule has 0 aliphatic carbocycles. The van der Waals surface area contributed by atoms with Gasteiger partial charge in [-0.15, -0.1) is 0 Å². The number of ether oxygens (including phenoxy) is 1. The van der Waals surface area contributed by atoms with E-state index in [-0.39, 0.29) is 18.8 Å². The number of halogens is 4. The first-order valence-electron chi connectivity index (χ1n) is 4.83. The van der Waals surface area contributed by atoms with Crippen LogP contribution in [0.5, 0.6) is 5.75 Å². The Morgan fingerprint density at radius 2 is 2.06 bits per heavy atom. The minimum atomic E-state index is -4.79. The van der Waals surface area contributed by atoms with Gasteiger partial charge in [-0.3, -0.25) is 10.2 Å². The summed E-state index contributed by atoms with van der Waals surface area (Å²) in [4.78, 5) is 10.7. The highest BCUT2D eigenvalue weighted by Crippen LogP contribution is 2.33. The molecular formula is C10H10F4N2O2. The minimum absolute atomic E-state index is 0.116. The van der Waals surface area contributed by atoms with E-state index in [1.807, 2.05) is 5.43 Å². The smallest absolute Gasteiger partial charge is 0.419 e. The minimum Gasteiger partial charge on any atom is -0.493 e. The van der Waals surface area contributed by atoms with E-state index in [0.717, 1.165) is 6.07 Å². The maximum absolute atomic E-state index is 12.9. The first-order chi connectivity index (χ1) is 8.34. The molecule has 1 amide bonds. The number of hydrazine groups is 1. The summed E-state index contributed by atoms with van der Waals surface area (Å²) in [7, 11) is 0. The summed E-state index contributed by atoms with van der Waals surface area (Å²) < 4.78 is 54.9. The highest BCUT2D eigenvalue weighted by atomic mass is 19.4. The number of carbonyl (C=O) groups excluding carboxylic acids is 1. The van der Waals surface area contributed by atoms with Crippen molar-refractivity contribution in [2.45, 2.75) is 12.6 Å². The van der Waals surface area contributed by atoms with E-state index in [9.17, 15) is 22.4 Å². The van der Waals surface area contributed by atoms with Crippen molar-refractivity contribution in [1.29, 1.82) is 0 Å². The van der Waals surface area contributed by atoms with Crippen LogP contribution in [-0.4, -0.2) is 12.5 Å². The van der Waals surface area contributed by atoms with Gasteiger partial charge in [0.25, 0.3) is 0 Å². The van der Waals surface area contributed by atoms with Crippen LogP contribution in [0.1, 0.15) is 12.0 Å². The van der Waals surface area contributed by atoms with Gasteiger partial charge in [-0.2, -0.15) is 13.2 Å². The average Bonchev–Trinajstić information content (AvgIpc) is 2.29. The fourth-order valence-corrected chi connectivity index (χ4v) is 1.15. The van der Waals surface area contributed by atoms with Gasteiger partial charge in [-0.05, 0) is 18.2 Å². The molecule has 0 heterocycles. The molecule has 0 aliphatic heterocycles. The first kappa shape index (κ1) is 14.2. The Bertz CT molecular complexity index is 434. The highest BCUT2D eigenvalue weighted by Gasteiger charge is 2.34. The molecule has 0 radical (unpaired) electrons. The second-order valence-electron chi connectivity index (χ2n) is 3.31. The van der Waals surface area contributed by atoms with E-state index in [2.05, 4.69) is 0 Å². The molecule has 0 aromatic heterocycles. The Morgan fingerprint density at radius 3 is 2.61 bits per heavy atom. The van der Waals surface area contributed by atoms with Gasteiger partial charge in [-0.1, -0.05) is 0 Å². The van der Waals surface area contributed by atoms with Crippen LogP contribution < -0.4 is 16.0 Å². The lowest BCUT2D eigenvalue weighted by Gasteiger charge is -2.11. The number of alkyl halides is 3. The van der Waals surface area contributed by atoms with Crippen LogP contribution in [0, 0.1) is 5.82 Å². The number of benzene rings is 1. The third kappa shape index (κ3) is 3.88. The van der Waals surface area contributed by atoms with Gasteiger partial charge in [0.1, 0.15) is 11.6 Å². The third-order valence-corrected chi connectivity index (χ3v) is 2.00. The molecule has 18 heavy (non-hydrogen) atoms. The van der Waals surface area contributed by atoms with Gasteiger partial charge in [-0.25, -0.2) is 10.2 Å². The van der Waals surface area contributed by atoms with Crippen LogP contribution in [0.15, 0.2) is 18.2 Å². The molecule has 4 nitrogen and oxygen atoms in total. The molecule has 0 aliphatic rings. The Labute approximate surface area is 99.7 Å². The van der Waals surface area contributed by atoms with Crippen LogP contribution in [-0.2, 0) is 11.0 Å². The normalized spacial score (nSPS) is 11.2. The molecule has 1 aromatic carbocycles. The van der Waals surface area contributed by atoms with Crippen LogP contribution in [0.25, 0.3) is 0 Å². The van der Waals surface area contributed by atoms with Crippen molar-refractivity contribution in [2.75, 3.05) is 6.61 Å². The largest absolute Gasteiger partial charge is 0.493 e. The molecule has 8 heteroatoms. The van der Waals surface area contributed by atoms with Crippen LogP contribution in [0.4, 0.5) is 17.6 Å². The predicted octanol–water partition coefficient (Wildman–Crippen LogP) is 1.60. The van der Waals surface area contributed by atoms with Crippen molar-refractivity contribution in [1.82, 2.24) is 5.43 Å². The molecule has 1 aromatic rings. The number of nitrogens with one attached hydrogen (secondary N) is 1. The van der Waals surface area contributed by atoms with Crippen LogP contribution >= 0.6 is 0 Å². The summed E-state index contributed by atoms with van der Waals surface area (Å²) >= 11 is 0. The summed E-state index contributed by atoms with van der Waals surface area (Å²) in [6.07, 6.45) is -4.91. The first-order valence-corrected chi connectivity index (χ1v) is 4.83. The summed E-state index contributed by atoms with van der Waals surface area (Å²) in [5, 5.41) is 0. The average molecular weight is 266 g/mol. The van der Waals surface area contributed by atoms with Gasteiger partial charge in [0, 0.05) is 0 Å². The highest BCUT2D eigenvalue weighted by molar-refractivity contribution is 5.75.